The number of guanidine groups is 1. The quantitative estimate of drug-likeness (QED) is 0.560. The molecule has 1 aliphatic rings. The molecule has 140 valence electrons. The van der Waals surface area contributed by atoms with Crippen LogP contribution < -0.4 is 10.6 Å². The molecule has 0 amide bonds. The minimum Gasteiger partial charge on any atom is -0.355 e. The van der Waals surface area contributed by atoms with Crippen molar-refractivity contribution < 1.29 is 0 Å². The maximum atomic E-state index is 4.38. The van der Waals surface area contributed by atoms with Gasteiger partial charge in [0.2, 0.25) is 0 Å². The van der Waals surface area contributed by atoms with Crippen molar-refractivity contribution in [3.05, 3.63) is 35.9 Å². The molecule has 2 N–H and O–H groups in total. The van der Waals surface area contributed by atoms with Gasteiger partial charge in [-0.05, 0) is 31.5 Å². The summed E-state index contributed by atoms with van der Waals surface area (Å²) in [7, 11) is 1.86. The molecule has 1 aromatic rings. The zero-order chi connectivity index (χ0) is 17.9. The second-order valence-corrected chi connectivity index (χ2v) is 6.71. The van der Waals surface area contributed by atoms with Crippen molar-refractivity contribution >= 4 is 5.96 Å². The number of rotatable bonds is 8. The highest BCUT2D eigenvalue weighted by Gasteiger charge is 2.19. The smallest absolute Gasteiger partial charge is 0.191 e. The molecule has 1 aliphatic heterocycles. The van der Waals surface area contributed by atoms with Crippen molar-refractivity contribution in [2.24, 2.45) is 4.99 Å². The highest BCUT2D eigenvalue weighted by atomic mass is 15.2. The number of piperidine rings is 1. The summed E-state index contributed by atoms with van der Waals surface area (Å²) in [6.45, 7) is 12.0. The molecule has 0 atom stereocenters. The highest BCUT2D eigenvalue weighted by molar-refractivity contribution is 5.79. The van der Waals surface area contributed by atoms with Gasteiger partial charge in [-0.15, -0.1) is 0 Å². The van der Waals surface area contributed by atoms with E-state index in [0.717, 1.165) is 51.8 Å². The van der Waals surface area contributed by atoms with E-state index in [-0.39, 0.29) is 0 Å². The van der Waals surface area contributed by atoms with Gasteiger partial charge >= 0.3 is 0 Å². The van der Waals surface area contributed by atoms with E-state index in [2.05, 4.69) is 69.6 Å². The molecule has 2 rings (SSSR count). The molecule has 5 heteroatoms. The van der Waals surface area contributed by atoms with Gasteiger partial charge in [0, 0.05) is 45.8 Å². The first-order valence-corrected chi connectivity index (χ1v) is 9.71. The standard InChI is InChI=1S/C20H35N5/c1-4-24(5-2)16-13-22-20(21-3)23-19-11-14-25(15-12-19)17-18-9-7-6-8-10-18/h6-10,19H,4-5,11-17H2,1-3H3,(H2,21,22,23). The molecule has 0 aliphatic carbocycles. The fourth-order valence-electron chi connectivity index (χ4n) is 3.34. The molecule has 0 radical (unpaired) electrons. The number of nitrogens with one attached hydrogen (secondary N) is 2. The second-order valence-electron chi connectivity index (χ2n) is 6.71. The van der Waals surface area contributed by atoms with Crippen LogP contribution in [0.2, 0.25) is 0 Å². The van der Waals surface area contributed by atoms with Crippen molar-refractivity contribution in [2.45, 2.75) is 39.3 Å². The molecule has 0 aromatic heterocycles. The van der Waals surface area contributed by atoms with Gasteiger partial charge in [-0.3, -0.25) is 9.89 Å². The molecule has 1 aromatic carbocycles. The first-order chi connectivity index (χ1) is 12.2. The number of aliphatic imine (C=N–C) groups is 1. The second kappa shape index (κ2) is 11.1. The zero-order valence-electron chi connectivity index (χ0n) is 16.2. The first kappa shape index (κ1) is 19.7. The molecule has 0 saturated carbocycles. The number of hydrogen-bond acceptors (Lipinski definition) is 3. The molecule has 0 spiro atoms. The van der Waals surface area contributed by atoms with Crippen LogP contribution in [0, 0.1) is 0 Å². The van der Waals surface area contributed by atoms with Crippen LogP contribution in [0.3, 0.4) is 0 Å². The number of likely N-dealkylation sites (tertiary alicyclic amines) is 1. The van der Waals surface area contributed by atoms with Crippen molar-refractivity contribution in [1.29, 1.82) is 0 Å². The van der Waals surface area contributed by atoms with Crippen molar-refractivity contribution in [3.8, 4) is 0 Å². The Morgan fingerprint density at radius 1 is 1.16 bits per heavy atom. The average Bonchev–Trinajstić information content (AvgIpc) is 2.66. The van der Waals surface area contributed by atoms with Crippen molar-refractivity contribution in [1.82, 2.24) is 20.4 Å². The number of likely N-dealkylation sites (N-methyl/N-ethyl adjacent to an activating group) is 1. The predicted molar refractivity (Wildman–Crippen MR) is 107 cm³/mol. The van der Waals surface area contributed by atoms with Gasteiger partial charge in [0.05, 0.1) is 0 Å². The van der Waals surface area contributed by atoms with E-state index in [1.807, 2.05) is 7.05 Å². The van der Waals surface area contributed by atoms with Crippen LogP contribution in [0.25, 0.3) is 0 Å². The predicted octanol–water partition coefficient (Wildman–Crippen LogP) is 2.16. The van der Waals surface area contributed by atoms with E-state index in [1.54, 1.807) is 0 Å². The van der Waals surface area contributed by atoms with Crippen LogP contribution in [-0.4, -0.2) is 68.1 Å². The maximum Gasteiger partial charge on any atom is 0.191 e. The summed E-state index contributed by atoms with van der Waals surface area (Å²) in [4.78, 5) is 9.34. The van der Waals surface area contributed by atoms with Gasteiger partial charge in [-0.25, -0.2) is 0 Å². The van der Waals surface area contributed by atoms with Crippen LogP contribution in [0.15, 0.2) is 35.3 Å². The van der Waals surface area contributed by atoms with E-state index >= 15 is 0 Å². The van der Waals surface area contributed by atoms with Crippen LogP contribution in [-0.2, 0) is 6.54 Å². The monoisotopic (exact) mass is 345 g/mol. The van der Waals surface area contributed by atoms with Crippen LogP contribution >= 0.6 is 0 Å². The fourth-order valence-corrected chi connectivity index (χ4v) is 3.34. The Morgan fingerprint density at radius 3 is 2.44 bits per heavy atom. The number of nitrogens with zero attached hydrogens (tertiary/aromatic N) is 3. The van der Waals surface area contributed by atoms with Gasteiger partial charge in [0.15, 0.2) is 5.96 Å². The van der Waals surface area contributed by atoms with E-state index < -0.39 is 0 Å². The Hall–Kier alpha value is -1.59. The number of benzene rings is 1. The molecule has 25 heavy (non-hydrogen) atoms. The highest BCUT2D eigenvalue weighted by Crippen LogP contribution is 2.13. The number of hydrogen-bond donors (Lipinski definition) is 2. The Morgan fingerprint density at radius 2 is 1.84 bits per heavy atom. The lowest BCUT2D eigenvalue weighted by atomic mass is 10.0. The van der Waals surface area contributed by atoms with E-state index in [4.69, 9.17) is 0 Å². The SMILES string of the molecule is CCN(CC)CCNC(=NC)NC1CCN(Cc2ccccc2)CC1. The summed E-state index contributed by atoms with van der Waals surface area (Å²) in [5.74, 6) is 0.939. The zero-order valence-corrected chi connectivity index (χ0v) is 16.2. The molecular weight excluding hydrogens is 310 g/mol. The Balaban J connectivity index is 1.67. The van der Waals surface area contributed by atoms with E-state index in [0.29, 0.717) is 6.04 Å². The summed E-state index contributed by atoms with van der Waals surface area (Å²) in [5.41, 5.74) is 1.41. The Labute approximate surface area is 153 Å². The normalized spacial score (nSPS) is 17.0. The van der Waals surface area contributed by atoms with Crippen molar-refractivity contribution in [2.75, 3.05) is 46.3 Å². The summed E-state index contributed by atoms with van der Waals surface area (Å²) in [5, 5.41) is 7.04. The molecule has 0 unspecified atom stereocenters. The molecule has 1 fully saturated rings. The van der Waals surface area contributed by atoms with Crippen molar-refractivity contribution in [3.63, 3.8) is 0 Å². The Kier molecular flexibility index (Phi) is 8.77. The summed E-state index contributed by atoms with van der Waals surface area (Å²) >= 11 is 0. The molecule has 5 nitrogen and oxygen atoms in total. The van der Waals surface area contributed by atoms with Crippen LogP contribution in [0.1, 0.15) is 32.3 Å². The Bertz CT molecular complexity index is 490. The lowest BCUT2D eigenvalue weighted by molar-refractivity contribution is 0.198. The lowest BCUT2D eigenvalue weighted by Gasteiger charge is -2.33. The van der Waals surface area contributed by atoms with Gasteiger partial charge in [0.25, 0.3) is 0 Å². The summed E-state index contributed by atoms with van der Waals surface area (Å²) in [6.07, 6.45) is 2.34. The van der Waals surface area contributed by atoms with Crippen LogP contribution in [0.5, 0.6) is 0 Å². The fraction of sp³-hybridized carbons (Fsp3) is 0.650. The largest absolute Gasteiger partial charge is 0.355 e. The molecule has 1 saturated heterocycles. The minimum atomic E-state index is 0.520. The lowest BCUT2D eigenvalue weighted by Crippen LogP contribution is -2.49. The summed E-state index contributed by atoms with van der Waals surface area (Å²) in [6, 6.07) is 11.3. The minimum absolute atomic E-state index is 0.520. The average molecular weight is 346 g/mol. The molecule has 0 bridgehead atoms. The maximum absolute atomic E-state index is 4.38. The first-order valence-electron chi connectivity index (χ1n) is 9.71. The third-order valence-electron chi connectivity index (χ3n) is 5.02. The van der Waals surface area contributed by atoms with Gasteiger partial charge in [-0.2, -0.15) is 0 Å². The van der Waals surface area contributed by atoms with E-state index in [9.17, 15) is 0 Å². The van der Waals surface area contributed by atoms with Gasteiger partial charge < -0.3 is 15.5 Å². The van der Waals surface area contributed by atoms with Gasteiger partial charge in [-0.1, -0.05) is 44.2 Å². The topological polar surface area (TPSA) is 42.9 Å². The summed E-state index contributed by atoms with van der Waals surface area (Å²) < 4.78 is 0. The van der Waals surface area contributed by atoms with Gasteiger partial charge in [0.1, 0.15) is 0 Å². The third kappa shape index (κ3) is 7.04. The third-order valence-corrected chi connectivity index (χ3v) is 5.02. The molecular formula is C20H35N5. The molecule has 1 heterocycles. The van der Waals surface area contributed by atoms with E-state index in [1.165, 1.54) is 18.4 Å². The van der Waals surface area contributed by atoms with Crippen LogP contribution in [0.4, 0.5) is 0 Å².